The van der Waals surface area contributed by atoms with Gasteiger partial charge in [-0.25, -0.2) is 9.97 Å². The summed E-state index contributed by atoms with van der Waals surface area (Å²) in [7, 11) is 0. The van der Waals surface area contributed by atoms with Crippen molar-refractivity contribution in [2.24, 2.45) is 0 Å². The molecule has 0 saturated heterocycles. The molecular formula is C14H20N6. The van der Waals surface area contributed by atoms with E-state index in [0.717, 1.165) is 56.5 Å². The lowest BCUT2D eigenvalue weighted by molar-refractivity contribution is 0.555. The Hall–Kier alpha value is -1.95. The van der Waals surface area contributed by atoms with Crippen LogP contribution in [-0.2, 0) is 19.6 Å². The van der Waals surface area contributed by atoms with Crippen molar-refractivity contribution in [1.82, 2.24) is 24.8 Å². The predicted octanol–water partition coefficient (Wildman–Crippen LogP) is 1.19. The van der Waals surface area contributed by atoms with Crippen molar-refractivity contribution in [3.8, 4) is 0 Å². The first-order chi connectivity index (χ1) is 9.86. The van der Waals surface area contributed by atoms with Gasteiger partial charge in [-0.05, 0) is 13.0 Å². The van der Waals surface area contributed by atoms with Crippen LogP contribution in [0.4, 0.5) is 5.82 Å². The monoisotopic (exact) mass is 272 g/mol. The van der Waals surface area contributed by atoms with E-state index in [0.29, 0.717) is 0 Å². The van der Waals surface area contributed by atoms with Crippen LogP contribution in [0.1, 0.15) is 24.9 Å². The highest BCUT2D eigenvalue weighted by Crippen LogP contribution is 2.16. The fourth-order valence-electron chi connectivity index (χ4n) is 2.36. The molecular weight excluding hydrogens is 252 g/mol. The number of nitrogens with zero attached hydrogens (tertiary/aromatic N) is 5. The summed E-state index contributed by atoms with van der Waals surface area (Å²) in [6.07, 6.45) is 8.74. The van der Waals surface area contributed by atoms with Crippen molar-refractivity contribution in [3.63, 3.8) is 0 Å². The van der Waals surface area contributed by atoms with E-state index in [2.05, 4.69) is 36.7 Å². The predicted molar refractivity (Wildman–Crippen MR) is 77.3 cm³/mol. The van der Waals surface area contributed by atoms with Crippen LogP contribution in [0.15, 0.2) is 24.8 Å². The maximum absolute atomic E-state index is 4.52. The molecule has 1 aliphatic heterocycles. The summed E-state index contributed by atoms with van der Waals surface area (Å²) in [6, 6.07) is 0. The van der Waals surface area contributed by atoms with E-state index < -0.39 is 0 Å². The number of imidazole rings is 1. The summed E-state index contributed by atoms with van der Waals surface area (Å²) in [4.78, 5) is 15.6. The molecule has 0 aliphatic carbocycles. The Morgan fingerprint density at radius 1 is 1.20 bits per heavy atom. The molecule has 106 valence electrons. The second kappa shape index (κ2) is 6.00. The van der Waals surface area contributed by atoms with Gasteiger partial charge in [0.2, 0.25) is 0 Å². The molecule has 0 bridgehead atoms. The lowest BCUT2D eigenvalue weighted by Crippen LogP contribution is -2.34. The molecule has 0 saturated carbocycles. The van der Waals surface area contributed by atoms with Gasteiger partial charge in [0.15, 0.2) is 0 Å². The SMILES string of the molecule is CCCNCc1cnc(N2CCn3ccnc3C2)cn1. The number of anilines is 1. The first kappa shape index (κ1) is 13.1. The Labute approximate surface area is 118 Å². The Morgan fingerprint density at radius 2 is 2.15 bits per heavy atom. The summed E-state index contributed by atoms with van der Waals surface area (Å²) in [5.74, 6) is 2.02. The Morgan fingerprint density at radius 3 is 2.95 bits per heavy atom. The number of hydrogen-bond acceptors (Lipinski definition) is 5. The molecule has 6 nitrogen and oxygen atoms in total. The minimum atomic E-state index is 0.783. The van der Waals surface area contributed by atoms with E-state index >= 15 is 0 Å². The van der Waals surface area contributed by atoms with Crippen LogP contribution in [0.2, 0.25) is 0 Å². The molecule has 0 fully saturated rings. The van der Waals surface area contributed by atoms with Crippen molar-refractivity contribution in [1.29, 1.82) is 0 Å². The summed E-state index contributed by atoms with van der Waals surface area (Å²) >= 11 is 0. The van der Waals surface area contributed by atoms with E-state index in [4.69, 9.17) is 0 Å². The zero-order valence-corrected chi connectivity index (χ0v) is 11.8. The number of fused-ring (bicyclic) bond motifs is 1. The van der Waals surface area contributed by atoms with Gasteiger partial charge in [0.05, 0.1) is 24.6 Å². The lowest BCUT2D eigenvalue weighted by atomic mass is 10.3. The van der Waals surface area contributed by atoms with Gasteiger partial charge in [-0.2, -0.15) is 0 Å². The van der Waals surface area contributed by atoms with Crippen LogP contribution in [-0.4, -0.2) is 32.6 Å². The highest BCUT2D eigenvalue weighted by Gasteiger charge is 2.17. The van der Waals surface area contributed by atoms with Crippen molar-refractivity contribution in [3.05, 3.63) is 36.3 Å². The zero-order valence-electron chi connectivity index (χ0n) is 11.8. The molecule has 0 unspecified atom stereocenters. The summed E-state index contributed by atoms with van der Waals surface area (Å²) in [6.45, 7) is 6.66. The molecule has 0 radical (unpaired) electrons. The van der Waals surface area contributed by atoms with Crippen LogP contribution >= 0.6 is 0 Å². The largest absolute Gasteiger partial charge is 0.346 e. The summed E-state index contributed by atoms with van der Waals surface area (Å²) < 4.78 is 2.19. The molecule has 20 heavy (non-hydrogen) atoms. The third kappa shape index (κ3) is 2.80. The van der Waals surface area contributed by atoms with Crippen LogP contribution in [0.3, 0.4) is 0 Å². The van der Waals surface area contributed by atoms with E-state index in [9.17, 15) is 0 Å². The van der Waals surface area contributed by atoms with E-state index in [1.54, 1.807) is 0 Å². The molecule has 2 aromatic rings. The minimum absolute atomic E-state index is 0.783. The molecule has 2 aromatic heterocycles. The number of nitrogens with one attached hydrogen (secondary N) is 1. The fourth-order valence-corrected chi connectivity index (χ4v) is 2.36. The third-order valence-electron chi connectivity index (χ3n) is 3.49. The maximum atomic E-state index is 4.52. The van der Waals surface area contributed by atoms with Gasteiger partial charge < -0.3 is 14.8 Å². The fraction of sp³-hybridized carbons (Fsp3) is 0.500. The second-order valence-corrected chi connectivity index (χ2v) is 5.00. The zero-order chi connectivity index (χ0) is 13.8. The second-order valence-electron chi connectivity index (χ2n) is 5.00. The van der Waals surface area contributed by atoms with E-state index in [1.807, 2.05) is 24.8 Å². The van der Waals surface area contributed by atoms with Crippen molar-refractivity contribution < 1.29 is 0 Å². The summed E-state index contributed by atoms with van der Waals surface area (Å²) in [5.41, 5.74) is 0.987. The lowest BCUT2D eigenvalue weighted by Gasteiger charge is -2.28. The van der Waals surface area contributed by atoms with Crippen LogP contribution in [0.5, 0.6) is 0 Å². The van der Waals surface area contributed by atoms with Gasteiger partial charge >= 0.3 is 0 Å². The number of rotatable bonds is 5. The molecule has 0 amide bonds. The average molecular weight is 272 g/mol. The minimum Gasteiger partial charge on any atom is -0.346 e. The van der Waals surface area contributed by atoms with Gasteiger partial charge in [-0.3, -0.25) is 4.98 Å². The van der Waals surface area contributed by atoms with Gasteiger partial charge in [-0.15, -0.1) is 0 Å². The van der Waals surface area contributed by atoms with Crippen LogP contribution in [0, 0.1) is 0 Å². The quantitative estimate of drug-likeness (QED) is 0.829. The van der Waals surface area contributed by atoms with E-state index in [1.165, 1.54) is 0 Å². The molecule has 3 rings (SSSR count). The van der Waals surface area contributed by atoms with Crippen molar-refractivity contribution >= 4 is 5.82 Å². The molecule has 6 heteroatoms. The Balaban J connectivity index is 1.63. The molecule has 1 N–H and O–H groups in total. The molecule has 0 aromatic carbocycles. The van der Waals surface area contributed by atoms with E-state index in [-0.39, 0.29) is 0 Å². The molecule has 0 atom stereocenters. The van der Waals surface area contributed by atoms with Gasteiger partial charge in [0.1, 0.15) is 11.6 Å². The topological polar surface area (TPSA) is 58.9 Å². The molecule has 1 aliphatic rings. The third-order valence-corrected chi connectivity index (χ3v) is 3.49. The van der Waals surface area contributed by atoms with Crippen LogP contribution in [0.25, 0.3) is 0 Å². The molecule has 3 heterocycles. The first-order valence-corrected chi connectivity index (χ1v) is 7.13. The number of aromatic nitrogens is 4. The number of hydrogen-bond donors (Lipinski definition) is 1. The van der Waals surface area contributed by atoms with Crippen LogP contribution < -0.4 is 10.2 Å². The average Bonchev–Trinajstić information content (AvgIpc) is 2.96. The van der Waals surface area contributed by atoms with Crippen molar-refractivity contribution in [2.75, 3.05) is 18.0 Å². The standard InChI is InChI=1S/C14H20N6/c1-2-3-15-8-12-9-18-13(10-17-12)20-7-6-19-5-4-16-14(19)11-20/h4-5,9-10,15H,2-3,6-8,11H2,1H3. The molecule has 0 spiro atoms. The van der Waals surface area contributed by atoms with Gasteiger partial charge in [0.25, 0.3) is 0 Å². The Kier molecular flexibility index (Phi) is 3.92. The summed E-state index contributed by atoms with van der Waals surface area (Å²) in [5, 5.41) is 3.33. The first-order valence-electron chi connectivity index (χ1n) is 7.13. The van der Waals surface area contributed by atoms with Gasteiger partial charge in [-0.1, -0.05) is 6.92 Å². The highest BCUT2D eigenvalue weighted by atomic mass is 15.3. The van der Waals surface area contributed by atoms with Crippen molar-refractivity contribution in [2.45, 2.75) is 33.0 Å². The highest BCUT2D eigenvalue weighted by molar-refractivity contribution is 5.36. The smallest absolute Gasteiger partial charge is 0.147 e. The maximum Gasteiger partial charge on any atom is 0.147 e. The van der Waals surface area contributed by atoms with Gasteiger partial charge in [0, 0.05) is 32.0 Å². The Bertz CT molecular complexity index is 547. The normalized spacial score (nSPS) is 14.3.